The molecule has 1 fully saturated rings. The van der Waals surface area contributed by atoms with E-state index in [9.17, 15) is 14.4 Å². The standard InChI is InChI=1S/C21H22Cl2N4O3/c1-3-21(15-9-5-4-6-10-15)19(29)27(20(30)24-21)25-17(28)13-26(2)12-14-8-7-11-16(22)18(14)23/h4-11H,3,12-13H2,1-2H3,(H,24,30)(H,25,28). The fraction of sp³-hybridized carbons (Fsp3) is 0.286. The van der Waals surface area contributed by atoms with Gasteiger partial charge in [0, 0.05) is 6.54 Å². The van der Waals surface area contributed by atoms with Crippen molar-refractivity contribution in [2.75, 3.05) is 13.6 Å². The fourth-order valence-electron chi connectivity index (χ4n) is 3.46. The van der Waals surface area contributed by atoms with E-state index in [0.717, 1.165) is 10.6 Å². The van der Waals surface area contributed by atoms with Crippen LogP contribution in [0.5, 0.6) is 0 Å². The minimum Gasteiger partial charge on any atom is -0.318 e. The van der Waals surface area contributed by atoms with Crippen molar-refractivity contribution in [1.82, 2.24) is 20.7 Å². The number of halogens is 2. The van der Waals surface area contributed by atoms with Gasteiger partial charge in [-0.2, -0.15) is 5.01 Å². The van der Waals surface area contributed by atoms with E-state index >= 15 is 0 Å². The highest BCUT2D eigenvalue weighted by atomic mass is 35.5. The molecule has 0 spiro atoms. The molecule has 1 atom stereocenters. The minimum atomic E-state index is -1.20. The molecular weight excluding hydrogens is 427 g/mol. The predicted molar refractivity (Wildman–Crippen MR) is 115 cm³/mol. The molecular formula is C21H22Cl2N4O3. The summed E-state index contributed by atoms with van der Waals surface area (Å²) in [5, 5.41) is 4.33. The van der Waals surface area contributed by atoms with Crippen LogP contribution in [0.1, 0.15) is 24.5 Å². The van der Waals surface area contributed by atoms with E-state index in [0.29, 0.717) is 28.6 Å². The van der Waals surface area contributed by atoms with Gasteiger partial charge in [0.25, 0.3) is 11.8 Å². The van der Waals surface area contributed by atoms with E-state index in [-0.39, 0.29) is 6.54 Å². The van der Waals surface area contributed by atoms with Gasteiger partial charge >= 0.3 is 6.03 Å². The van der Waals surface area contributed by atoms with Crippen molar-refractivity contribution >= 4 is 41.0 Å². The Bertz CT molecular complexity index is 970. The van der Waals surface area contributed by atoms with Gasteiger partial charge in [0.05, 0.1) is 16.6 Å². The zero-order valence-corrected chi connectivity index (χ0v) is 18.1. The molecule has 2 aromatic carbocycles. The maximum absolute atomic E-state index is 13.0. The first-order valence-electron chi connectivity index (χ1n) is 9.41. The van der Waals surface area contributed by atoms with E-state index in [1.165, 1.54) is 0 Å². The summed E-state index contributed by atoms with van der Waals surface area (Å²) in [4.78, 5) is 39.7. The van der Waals surface area contributed by atoms with Crippen molar-refractivity contribution in [3.8, 4) is 0 Å². The van der Waals surface area contributed by atoms with E-state index in [4.69, 9.17) is 23.2 Å². The number of hydrogen-bond donors (Lipinski definition) is 2. The van der Waals surface area contributed by atoms with Gasteiger partial charge in [0.2, 0.25) is 0 Å². The fourth-order valence-corrected chi connectivity index (χ4v) is 3.84. The van der Waals surface area contributed by atoms with Crippen molar-refractivity contribution in [3.63, 3.8) is 0 Å². The average Bonchev–Trinajstić information content (AvgIpc) is 2.97. The third-order valence-electron chi connectivity index (χ3n) is 5.01. The van der Waals surface area contributed by atoms with Crippen LogP contribution in [-0.4, -0.2) is 41.3 Å². The van der Waals surface area contributed by atoms with Gasteiger partial charge < -0.3 is 5.32 Å². The van der Waals surface area contributed by atoms with Gasteiger partial charge in [-0.05, 0) is 30.7 Å². The molecule has 0 bridgehead atoms. The van der Waals surface area contributed by atoms with Crippen LogP contribution in [0.15, 0.2) is 48.5 Å². The lowest BCUT2D eigenvalue weighted by Gasteiger charge is -2.25. The molecule has 2 N–H and O–H groups in total. The van der Waals surface area contributed by atoms with Crippen LogP contribution in [0.3, 0.4) is 0 Å². The van der Waals surface area contributed by atoms with E-state index in [1.54, 1.807) is 55.3 Å². The number of hydrazine groups is 1. The molecule has 0 radical (unpaired) electrons. The van der Waals surface area contributed by atoms with Crippen molar-refractivity contribution in [2.24, 2.45) is 0 Å². The zero-order valence-electron chi connectivity index (χ0n) is 16.6. The van der Waals surface area contributed by atoms with Crippen molar-refractivity contribution in [1.29, 1.82) is 0 Å². The van der Waals surface area contributed by atoms with E-state index in [2.05, 4.69) is 10.7 Å². The Morgan fingerprint density at radius 1 is 1.13 bits per heavy atom. The topological polar surface area (TPSA) is 81.8 Å². The number of amides is 4. The molecule has 1 unspecified atom stereocenters. The van der Waals surface area contributed by atoms with Crippen LogP contribution < -0.4 is 10.7 Å². The molecule has 1 aliphatic heterocycles. The largest absolute Gasteiger partial charge is 0.344 e. The number of urea groups is 1. The lowest BCUT2D eigenvalue weighted by Crippen LogP contribution is -2.50. The summed E-state index contributed by atoms with van der Waals surface area (Å²) in [5.74, 6) is -1.02. The van der Waals surface area contributed by atoms with Crippen LogP contribution >= 0.6 is 23.2 Å². The van der Waals surface area contributed by atoms with Gasteiger partial charge in [-0.1, -0.05) is 72.6 Å². The lowest BCUT2D eigenvalue weighted by molar-refractivity contribution is -0.139. The molecule has 7 nitrogen and oxygen atoms in total. The molecule has 0 saturated carbocycles. The summed E-state index contributed by atoms with van der Waals surface area (Å²) in [5.41, 5.74) is 2.64. The molecule has 1 saturated heterocycles. The second kappa shape index (κ2) is 9.04. The number of imide groups is 1. The first kappa shape index (κ1) is 22.1. The van der Waals surface area contributed by atoms with Crippen LogP contribution in [0.2, 0.25) is 10.0 Å². The summed E-state index contributed by atoms with van der Waals surface area (Å²) >= 11 is 12.2. The molecule has 3 rings (SSSR count). The average molecular weight is 449 g/mol. The summed E-state index contributed by atoms with van der Waals surface area (Å²) in [7, 11) is 1.73. The SMILES string of the molecule is CCC1(c2ccccc2)NC(=O)N(NC(=O)CN(C)Cc2cccc(Cl)c2Cl)C1=O. The summed E-state index contributed by atoms with van der Waals surface area (Å²) in [6, 6.07) is 13.6. The Morgan fingerprint density at radius 2 is 1.83 bits per heavy atom. The zero-order chi connectivity index (χ0) is 21.9. The van der Waals surface area contributed by atoms with Gasteiger partial charge in [0.15, 0.2) is 0 Å². The van der Waals surface area contributed by atoms with Crippen LogP contribution in [0, 0.1) is 0 Å². The van der Waals surface area contributed by atoms with Gasteiger partial charge in [0.1, 0.15) is 5.54 Å². The van der Waals surface area contributed by atoms with Crippen LogP contribution in [0.25, 0.3) is 0 Å². The Morgan fingerprint density at radius 3 is 2.50 bits per heavy atom. The Balaban J connectivity index is 1.67. The number of nitrogens with one attached hydrogen (secondary N) is 2. The third-order valence-corrected chi connectivity index (χ3v) is 5.87. The normalized spacial score (nSPS) is 18.6. The number of hydrogen-bond acceptors (Lipinski definition) is 4. The number of benzene rings is 2. The van der Waals surface area contributed by atoms with Crippen molar-refractivity contribution in [2.45, 2.75) is 25.4 Å². The van der Waals surface area contributed by atoms with Gasteiger partial charge in [-0.15, -0.1) is 0 Å². The molecule has 2 aromatic rings. The van der Waals surface area contributed by atoms with Gasteiger partial charge in [-0.25, -0.2) is 4.79 Å². The molecule has 0 aromatic heterocycles. The van der Waals surface area contributed by atoms with Gasteiger partial charge in [-0.3, -0.25) is 19.9 Å². The minimum absolute atomic E-state index is 0.0512. The number of nitrogens with zero attached hydrogens (tertiary/aromatic N) is 2. The maximum Gasteiger partial charge on any atom is 0.344 e. The quantitative estimate of drug-likeness (QED) is 0.636. The van der Waals surface area contributed by atoms with Crippen molar-refractivity contribution in [3.05, 3.63) is 69.7 Å². The highest BCUT2D eigenvalue weighted by Gasteiger charge is 2.52. The predicted octanol–water partition coefficient (Wildman–Crippen LogP) is 3.31. The summed E-state index contributed by atoms with van der Waals surface area (Å²) in [6.45, 7) is 2.12. The first-order valence-corrected chi connectivity index (χ1v) is 10.2. The highest BCUT2D eigenvalue weighted by Crippen LogP contribution is 2.31. The highest BCUT2D eigenvalue weighted by molar-refractivity contribution is 6.42. The summed E-state index contributed by atoms with van der Waals surface area (Å²) < 4.78 is 0. The number of rotatable bonds is 7. The third kappa shape index (κ3) is 4.28. The number of carbonyl (C=O) groups excluding carboxylic acids is 3. The van der Waals surface area contributed by atoms with Crippen molar-refractivity contribution < 1.29 is 14.4 Å². The second-order valence-corrected chi connectivity index (χ2v) is 7.90. The molecule has 1 heterocycles. The molecule has 4 amide bonds. The first-order chi connectivity index (χ1) is 14.3. The Labute approximate surface area is 184 Å². The maximum atomic E-state index is 13.0. The van der Waals surface area contributed by atoms with E-state index < -0.39 is 23.4 Å². The number of likely N-dealkylation sites (N-methyl/N-ethyl adjacent to an activating group) is 1. The lowest BCUT2D eigenvalue weighted by atomic mass is 9.87. The molecule has 9 heteroatoms. The Hall–Kier alpha value is -2.61. The smallest absolute Gasteiger partial charge is 0.318 e. The van der Waals surface area contributed by atoms with Crippen LogP contribution in [-0.2, 0) is 21.7 Å². The number of carbonyl (C=O) groups is 3. The molecule has 0 aliphatic carbocycles. The van der Waals surface area contributed by atoms with Crippen LogP contribution in [0.4, 0.5) is 4.79 Å². The Kier molecular flexibility index (Phi) is 6.65. The molecule has 1 aliphatic rings. The second-order valence-electron chi connectivity index (χ2n) is 7.12. The van der Waals surface area contributed by atoms with E-state index in [1.807, 2.05) is 12.1 Å². The monoisotopic (exact) mass is 448 g/mol. The molecule has 158 valence electrons. The summed E-state index contributed by atoms with van der Waals surface area (Å²) in [6.07, 6.45) is 0.348. The molecule has 30 heavy (non-hydrogen) atoms.